The van der Waals surface area contributed by atoms with Crippen LogP contribution in [0.5, 0.6) is 11.5 Å². The summed E-state index contributed by atoms with van der Waals surface area (Å²) >= 11 is 0.972. The molecule has 0 unspecified atom stereocenters. The van der Waals surface area contributed by atoms with E-state index in [1.165, 1.54) is 10.5 Å². The molecule has 1 aliphatic rings. The Morgan fingerprint density at radius 3 is 2.06 bits per heavy atom. The minimum Gasteiger partial charge on any atom is -0.490 e. The van der Waals surface area contributed by atoms with E-state index in [4.69, 9.17) is 9.47 Å². The van der Waals surface area contributed by atoms with Crippen LogP contribution in [0.3, 0.4) is 0 Å². The Kier molecular flexibility index (Phi) is 7.85. The standard InChI is InChI=1S/C30H31NO4S/c1-21-6-5-7-23(18-21)20-31-28(32)27(36-29(31)33)19-22-8-12-25(13-9-22)34-16-17-35-26-14-10-24(11-15-26)30(2,3)4/h5-15,18-19H,16-17,20H2,1-4H3/b27-19-. The van der Waals surface area contributed by atoms with Crippen molar-refractivity contribution in [1.82, 2.24) is 4.90 Å². The molecule has 3 aromatic carbocycles. The summed E-state index contributed by atoms with van der Waals surface area (Å²) < 4.78 is 11.6. The lowest BCUT2D eigenvalue weighted by Gasteiger charge is -2.19. The number of benzene rings is 3. The second-order valence-corrected chi connectivity index (χ2v) is 10.8. The lowest BCUT2D eigenvalue weighted by atomic mass is 9.87. The normalized spacial score (nSPS) is 15.0. The Morgan fingerprint density at radius 1 is 0.861 bits per heavy atom. The van der Waals surface area contributed by atoms with Crippen molar-refractivity contribution < 1.29 is 19.1 Å². The van der Waals surface area contributed by atoms with Gasteiger partial charge in [0.2, 0.25) is 0 Å². The molecule has 1 fully saturated rings. The van der Waals surface area contributed by atoms with E-state index in [1.54, 1.807) is 6.08 Å². The summed E-state index contributed by atoms with van der Waals surface area (Å²) in [6, 6.07) is 23.4. The number of carbonyl (C=O) groups excluding carboxylic acids is 2. The van der Waals surface area contributed by atoms with Crippen LogP contribution in [-0.2, 0) is 16.8 Å². The summed E-state index contributed by atoms with van der Waals surface area (Å²) in [6.07, 6.45) is 1.75. The fraction of sp³-hybridized carbons (Fsp3) is 0.267. The molecule has 1 heterocycles. The van der Waals surface area contributed by atoms with Crippen LogP contribution in [0.15, 0.2) is 77.7 Å². The largest absolute Gasteiger partial charge is 0.490 e. The van der Waals surface area contributed by atoms with E-state index in [0.29, 0.717) is 23.9 Å². The molecular formula is C30H31NO4S. The van der Waals surface area contributed by atoms with Crippen molar-refractivity contribution in [3.05, 3.63) is 100.0 Å². The van der Waals surface area contributed by atoms with Crippen LogP contribution < -0.4 is 9.47 Å². The van der Waals surface area contributed by atoms with Gasteiger partial charge in [0, 0.05) is 0 Å². The quantitative estimate of drug-likeness (QED) is 0.246. The molecule has 4 rings (SSSR count). The molecule has 3 aromatic rings. The zero-order valence-electron chi connectivity index (χ0n) is 21.1. The number of imide groups is 1. The predicted octanol–water partition coefficient (Wildman–Crippen LogP) is 6.99. The molecule has 1 aliphatic heterocycles. The van der Waals surface area contributed by atoms with E-state index in [9.17, 15) is 9.59 Å². The summed E-state index contributed by atoms with van der Waals surface area (Å²) in [5, 5.41) is -0.249. The fourth-order valence-electron chi connectivity index (χ4n) is 3.81. The highest BCUT2D eigenvalue weighted by atomic mass is 32.2. The molecule has 0 aromatic heterocycles. The van der Waals surface area contributed by atoms with E-state index in [1.807, 2.05) is 67.6 Å². The van der Waals surface area contributed by atoms with Crippen molar-refractivity contribution in [1.29, 1.82) is 0 Å². The number of hydrogen-bond acceptors (Lipinski definition) is 5. The fourth-order valence-corrected chi connectivity index (χ4v) is 4.65. The van der Waals surface area contributed by atoms with Gasteiger partial charge in [-0.1, -0.05) is 74.9 Å². The van der Waals surface area contributed by atoms with E-state index in [0.717, 1.165) is 34.2 Å². The molecule has 0 radical (unpaired) electrons. The Bertz CT molecular complexity index is 1260. The van der Waals surface area contributed by atoms with Crippen LogP contribution in [0.25, 0.3) is 6.08 Å². The number of nitrogens with zero attached hydrogens (tertiary/aromatic N) is 1. The van der Waals surface area contributed by atoms with Gasteiger partial charge >= 0.3 is 0 Å². The number of amides is 2. The predicted molar refractivity (Wildman–Crippen MR) is 145 cm³/mol. The molecular weight excluding hydrogens is 470 g/mol. The maximum absolute atomic E-state index is 12.8. The van der Waals surface area contributed by atoms with E-state index in [-0.39, 0.29) is 23.1 Å². The third-order valence-electron chi connectivity index (χ3n) is 5.82. The number of aryl methyl sites for hydroxylation is 1. The first-order valence-electron chi connectivity index (χ1n) is 12.0. The lowest BCUT2D eigenvalue weighted by molar-refractivity contribution is -0.123. The first-order chi connectivity index (χ1) is 17.2. The zero-order chi connectivity index (χ0) is 25.7. The van der Waals surface area contributed by atoms with Gasteiger partial charge in [0.25, 0.3) is 11.1 Å². The van der Waals surface area contributed by atoms with Crippen LogP contribution in [0, 0.1) is 6.92 Å². The Labute approximate surface area is 217 Å². The molecule has 36 heavy (non-hydrogen) atoms. The van der Waals surface area contributed by atoms with Gasteiger partial charge in [-0.05, 0) is 71.1 Å². The van der Waals surface area contributed by atoms with Crippen molar-refractivity contribution in [2.75, 3.05) is 13.2 Å². The van der Waals surface area contributed by atoms with Gasteiger partial charge in [-0.15, -0.1) is 0 Å². The van der Waals surface area contributed by atoms with Crippen molar-refractivity contribution in [2.45, 2.75) is 39.7 Å². The highest BCUT2D eigenvalue weighted by molar-refractivity contribution is 8.18. The highest BCUT2D eigenvalue weighted by Crippen LogP contribution is 2.33. The molecule has 0 saturated carbocycles. The SMILES string of the molecule is Cc1cccc(CN2C(=O)S/C(=C\c3ccc(OCCOc4ccc(C(C)(C)C)cc4)cc3)C2=O)c1. The van der Waals surface area contributed by atoms with E-state index in [2.05, 4.69) is 32.9 Å². The Balaban J connectivity index is 1.28. The average Bonchev–Trinajstić information content (AvgIpc) is 3.10. The van der Waals surface area contributed by atoms with Gasteiger partial charge in [0.15, 0.2) is 0 Å². The minimum absolute atomic E-state index is 0.115. The Morgan fingerprint density at radius 2 is 1.47 bits per heavy atom. The van der Waals surface area contributed by atoms with E-state index < -0.39 is 0 Å². The Hall–Kier alpha value is -3.51. The summed E-state index contributed by atoms with van der Waals surface area (Å²) in [7, 11) is 0. The smallest absolute Gasteiger partial charge is 0.293 e. The highest BCUT2D eigenvalue weighted by Gasteiger charge is 2.34. The summed E-state index contributed by atoms with van der Waals surface area (Å²) in [6.45, 7) is 9.67. The van der Waals surface area contributed by atoms with Crippen LogP contribution in [0.4, 0.5) is 4.79 Å². The van der Waals surface area contributed by atoms with Gasteiger partial charge in [-0.25, -0.2) is 0 Å². The first kappa shape index (κ1) is 25.6. The van der Waals surface area contributed by atoms with Crippen LogP contribution >= 0.6 is 11.8 Å². The number of carbonyl (C=O) groups is 2. The summed E-state index contributed by atoms with van der Waals surface area (Å²) in [5.41, 5.74) is 4.24. The molecule has 5 nitrogen and oxygen atoms in total. The van der Waals surface area contributed by atoms with Crippen molar-refractivity contribution in [2.24, 2.45) is 0 Å². The second-order valence-electron chi connectivity index (χ2n) is 9.80. The molecule has 6 heteroatoms. The summed E-state index contributed by atoms with van der Waals surface area (Å²) in [5.74, 6) is 1.27. The van der Waals surface area contributed by atoms with Gasteiger partial charge in [0.05, 0.1) is 11.4 Å². The van der Waals surface area contributed by atoms with Crippen LogP contribution in [-0.4, -0.2) is 29.3 Å². The summed E-state index contributed by atoms with van der Waals surface area (Å²) in [4.78, 5) is 27.0. The zero-order valence-corrected chi connectivity index (χ0v) is 21.9. The molecule has 0 spiro atoms. The second kappa shape index (κ2) is 11.0. The van der Waals surface area contributed by atoms with Crippen molar-refractivity contribution in [3.63, 3.8) is 0 Å². The molecule has 0 atom stereocenters. The average molecular weight is 502 g/mol. The third kappa shape index (κ3) is 6.58. The topological polar surface area (TPSA) is 55.8 Å². The number of ether oxygens (including phenoxy) is 2. The van der Waals surface area contributed by atoms with Gasteiger partial charge in [0.1, 0.15) is 24.7 Å². The maximum atomic E-state index is 12.8. The van der Waals surface area contributed by atoms with E-state index >= 15 is 0 Å². The molecule has 0 bridgehead atoms. The van der Waals surface area contributed by atoms with Gasteiger partial charge < -0.3 is 9.47 Å². The molecule has 1 saturated heterocycles. The number of thioether (sulfide) groups is 1. The molecule has 186 valence electrons. The van der Waals surface area contributed by atoms with Crippen molar-refractivity contribution >= 4 is 29.0 Å². The minimum atomic E-state index is -0.264. The number of rotatable bonds is 8. The van der Waals surface area contributed by atoms with Gasteiger partial charge in [-0.3, -0.25) is 14.5 Å². The van der Waals surface area contributed by atoms with Crippen LogP contribution in [0.2, 0.25) is 0 Å². The van der Waals surface area contributed by atoms with Crippen molar-refractivity contribution in [3.8, 4) is 11.5 Å². The molecule has 2 amide bonds. The molecule has 0 N–H and O–H groups in total. The van der Waals surface area contributed by atoms with Gasteiger partial charge in [-0.2, -0.15) is 0 Å². The maximum Gasteiger partial charge on any atom is 0.293 e. The van der Waals surface area contributed by atoms with Crippen LogP contribution in [0.1, 0.15) is 43.0 Å². The molecule has 0 aliphatic carbocycles. The number of hydrogen-bond donors (Lipinski definition) is 0. The first-order valence-corrected chi connectivity index (χ1v) is 12.8. The third-order valence-corrected chi connectivity index (χ3v) is 6.72. The monoisotopic (exact) mass is 501 g/mol. The lowest BCUT2D eigenvalue weighted by Crippen LogP contribution is -2.27.